The molecule has 0 fully saturated rings. The number of rotatable bonds is 4. The summed E-state index contributed by atoms with van der Waals surface area (Å²) in [5.74, 6) is 0.629. The number of benzene rings is 2. The number of phenols is 3. The van der Waals surface area contributed by atoms with Crippen molar-refractivity contribution in [2.75, 3.05) is 0 Å². The van der Waals surface area contributed by atoms with E-state index in [1.807, 2.05) is 31.2 Å². The Morgan fingerprint density at radius 1 is 1.04 bits per heavy atom. The van der Waals surface area contributed by atoms with Gasteiger partial charge in [-0.05, 0) is 61.9 Å². The Balaban J connectivity index is 2.08. The fourth-order valence-corrected chi connectivity index (χ4v) is 3.82. The van der Waals surface area contributed by atoms with Crippen molar-refractivity contribution in [2.45, 2.75) is 32.6 Å². The predicted octanol–water partition coefficient (Wildman–Crippen LogP) is 5.99. The van der Waals surface area contributed by atoms with E-state index in [0.29, 0.717) is 0 Å². The SMILES string of the molecule is C=C(C)C1CCC(C)=CC1c1c(O)cc(O)cc1/C=C/c1ccc(O)cc1. The van der Waals surface area contributed by atoms with Gasteiger partial charge in [0.1, 0.15) is 17.2 Å². The number of hydrogen-bond acceptors (Lipinski definition) is 3. The Labute approximate surface area is 160 Å². The average molecular weight is 362 g/mol. The molecule has 0 radical (unpaired) electrons. The summed E-state index contributed by atoms with van der Waals surface area (Å²) in [5, 5.41) is 30.1. The highest BCUT2D eigenvalue weighted by Crippen LogP contribution is 2.45. The van der Waals surface area contributed by atoms with Crippen LogP contribution in [0.1, 0.15) is 49.3 Å². The van der Waals surface area contributed by atoms with Crippen molar-refractivity contribution in [2.24, 2.45) is 5.92 Å². The van der Waals surface area contributed by atoms with Crippen molar-refractivity contribution < 1.29 is 15.3 Å². The lowest BCUT2D eigenvalue weighted by atomic mass is 9.73. The van der Waals surface area contributed by atoms with Gasteiger partial charge in [0, 0.05) is 17.5 Å². The minimum atomic E-state index is 0.0244. The first kappa shape index (κ1) is 18.8. The molecule has 3 rings (SSSR count). The normalized spacial score (nSPS) is 19.9. The standard InChI is InChI=1S/C24H26O3/c1-15(2)21-11-4-16(3)12-22(21)24-18(13-20(26)14-23(24)27)8-5-17-6-9-19(25)10-7-17/h5-10,12-14,21-22,25-27H,1,4,11H2,2-3H3/b8-5+. The van der Waals surface area contributed by atoms with Gasteiger partial charge >= 0.3 is 0 Å². The van der Waals surface area contributed by atoms with E-state index in [4.69, 9.17) is 0 Å². The van der Waals surface area contributed by atoms with Crippen LogP contribution in [0.3, 0.4) is 0 Å². The molecule has 0 saturated heterocycles. The van der Waals surface area contributed by atoms with E-state index in [9.17, 15) is 15.3 Å². The molecule has 1 aliphatic rings. The van der Waals surface area contributed by atoms with E-state index in [1.165, 1.54) is 11.6 Å². The molecular formula is C24H26O3. The monoisotopic (exact) mass is 362 g/mol. The maximum atomic E-state index is 10.7. The Bertz CT molecular complexity index is 904. The first-order valence-electron chi connectivity index (χ1n) is 9.21. The fourth-order valence-electron chi connectivity index (χ4n) is 3.82. The maximum absolute atomic E-state index is 10.7. The van der Waals surface area contributed by atoms with Gasteiger partial charge in [-0.15, -0.1) is 0 Å². The molecule has 3 nitrogen and oxygen atoms in total. The average Bonchev–Trinajstić information content (AvgIpc) is 2.60. The second-order valence-corrected chi connectivity index (χ2v) is 7.42. The second-order valence-electron chi connectivity index (χ2n) is 7.42. The van der Waals surface area contributed by atoms with Crippen LogP contribution in [0.25, 0.3) is 12.2 Å². The summed E-state index contributed by atoms with van der Waals surface area (Å²) in [5.41, 5.74) is 4.93. The van der Waals surface area contributed by atoms with Gasteiger partial charge in [-0.25, -0.2) is 0 Å². The molecular weight excluding hydrogens is 336 g/mol. The van der Waals surface area contributed by atoms with Crippen LogP contribution in [-0.2, 0) is 0 Å². The molecule has 2 unspecified atom stereocenters. The minimum absolute atomic E-state index is 0.0244. The highest BCUT2D eigenvalue weighted by atomic mass is 16.3. The van der Waals surface area contributed by atoms with Crippen LogP contribution in [0.2, 0.25) is 0 Å². The van der Waals surface area contributed by atoms with Crippen LogP contribution in [0.15, 0.2) is 60.2 Å². The zero-order chi connectivity index (χ0) is 19.6. The quantitative estimate of drug-likeness (QED) is 0.462. The van der Waals surface area contributed by atoms with Gasteiger partial charge in [0.15, 0.2) is 0 Å². The predicted molar refractivity (Wildman–Crippen MR) is 111 cm³/mol. The Hall–Kier alpha value is -2.94. The van der Waals surface area contributed by atoms with Crippen molar-refractivity contribution in [3.8, 4) is 17.2 Å². The van der Waals surface area contributed by atoms with Gasteiger partial charge in [-0.2, -0.15) is 0 Å². The molecule has 0 spiro atoms. The smallest absolute Gasteiger partial charge is 0.123 e. The summed E-state index contributed by atoms with van der Waals surface area (Å²) < 4.78 is 0. The van der Waals surface area contributed by atoms with E-state index in [-0.39, 0.29) is 29.1 Å². The Morgan fingerprint density at radius 2 is 1.74 bits per heavy atom. The Morgan fingerprint density at radius 3 is 2.41 bits per heavy atom. The maximum Gasteiger partial charge on any atom is 0.123 e. The lowest BCUT2D eigenvalue weighted by Crippen LogP contribution is -2.17. The summed E-state index contributed by atoms with van der Waals surface area (Å²) in [4.78, 5) is 0. The molecule has 0 amide bonds. The van der Waals surface area contributed by atoms with Crippen LogP contribution in [0.4, 0.5) is 0 Å². The van der Waals surface area contributed by atoms with E-state index in [0.717, 1.165) is 35.1 Å². The molecule has 2 aromatic carbocycles. The van der Waals surface area contributed by atoms with Crippen molar-refractivity contribution >= 4 is 12.2 Å². The summed E-state index contributed by atoms with van der Waals surface area (Å²) in [7, 11) is 0. The minimum Gasteiger partial charge on any atom is -0.508 e. The van der Waals surface area contributed by atoms with Gasteiger partial charge in [0.05, 0.1) is 0 Å². The molecule has 2 aromatic rings. The lowest BCUT2D eigenvalue weighted by Gasteiger charge is -2.32. The first-order chi connectivity index (χ1) is 12.8. The van der Waals surface area contributed by atoms with Gasteiger partial charge in [0.25, 0.3) is 0 Å². The van der Waals surface area contributed by atoms with Crippen molar-refractivity contribution in [1.82, 2.24) is 0 Å². The molecule has 0 aliphatic heterocycles. The molecule has 140 valence electrons. The van der Waals surface area contributed by atoms with Crippen LogP contribution in [-0.4, -0.2) is 15.3 Å². The van der Waals surface area contributed by atoms with Gasteiger partial charge in [0.2, 0.25) is 0 Å². The lowest BCUT2D eigenvalue weighted by molar-refractivity contribution is 0.426. The van der Waals surface area contributed by atoms with E-state index in [2.05, 4.69) is 19.6 Å². The zero-order valence-electron chi connectivity index (χ0n) is 15.8. The van der Waals surface area contributed by atoms with Crippen molar-refractivity contribution in [1.29, 1.82) is 0 Å². The van der Waals surface area contributed by atoms with Crippen LogP contribution in [0, 0.1) is 5.92 Å². The molecule has 2 atom stereocenters. The summed E-state index contributed by atoms with van der Waals surface area (Å²) in [6, 6.07) is 9.97. The van der Waals surface area contributed by atoms with Crippen molar-refractivity contribution in [3.05, 3.63) is 76.9 Å². The molecule has 0 saturated carbocycles. The second kappa shape index (κ2) is 7.75. The number of hydrogen-bond donors (Lipinski definition) is 3. The molecule has 0 heterocycles. The summed E-state index contributed by atoms with van der Waals surface area (Å²) in [6.45, 7) is 8.31. The number of phenolic OH excluding ortho intramolecular Hbond substituents is 3. The van der Waals surface area contributed by atoms with Crippen LogP contribution in [0.5, 0.6) is 17.2 Å². The van der Waals surface area contributed by atoms with E-state index >= 15 is 0 Å². The summed E-state index contributed by atoms with van der Waals surface area (Å²) >= 11 is 0. The molecule has 3 N–H and O–H groups in total. The van der Waals surface area contributed by atoms with Crippen LogP contribution >= 0.6 is 0 Å². The van der Waals surface area contributed by atoms with Gasteiger partial charge in [-0.1, -0.05) is 48.1 Å². The third-order valence-corrected chi connectivity index (χ3v) is 5.24. The third kappa shape index (κ3) is 4.25. The van der Waals surface area contributed by atoms with Gasteiger partial charge in [-0.3, -0.25) is 0 Å². The fraction of sp³-hybridized carbons (Fsp3) is 0.250. The summed E-state index contributed by atoms with van der Waals surface area (Å²) in [6.07, 6.45) is 8.06. The Kier molecular flexibility index (Phi) is 5.41. The molecule has 1 aliphatic carbocycles. The molecule has 0 aromatic heterocycles. The third-order valence-electron chi connectivity index (χ3n) is 5.24. The molecule has 0 bridgehead atoms. The zero-order valence-corrected chi connectivity index (χ0v) is 15.8. The molecule has 3 heteroatoms. The largest absolute Gasteiger partial charge is 0.508 e. The van der Waals surface area contributed by atoms with E-state index < -0.39 is 0 Å². The number of aromatic hydroxyl groups is 3. The van der Waals surface area contributed by atoms with Crippen LogP contribution < -0.4 is 0 Å². The van der Waals surface area contributed by atoms with E-state index in [1.54, 1.807) is 18.2 Å². The number of allylic oxidation sites excluding steroid dienone is 3. The van der Waals surface area contributed by atoms with Gasteiger partial charge < -0.3 is 15.3 Å². The molecule has 27 heavy (non-hydrogen) atoms. The highest BCUT2D eigenvalue weighted by Gasteiger charge is 2.29. The first-order valence-corrected chi connectivity index (χ1v) is 9.21. The highest BCUT2D eigenvalue weighted by molar-refractivity contribution is 5.74. The topological polar surface area (TPSA) is 60.7 Å². The van der Waals surface area contributed by atoms with Crippen molar-refractivity contribution in [3.63, 3.8) is 0 Å².